The Morgan fingerprint density at radius 3 is 2.36 bits per heavy atom. The number of benzene rings is 1. The Labute approximate surface area is 130 Å². The molecule has 0 saturated carbocycles. The van der Waals surface area contributed by atoms with Crippen LogP contribution in [-0.2, 0) is 9.53 Å². The van der Waals surface area contributed by atoms with Gasteiger partial charge < -0.3 is 15.0 Å². The van der Waals surface area contributed by atoms with Gasteiger partial charge in [0.15, 0.2) is 0 Å². The monoisotopic (exact) mass is 310 g/mol. The number of carbonyl (C=O) groups is 2. The fourth-order valence-electron chi connectivity index (χ4n) is 1.66. The molecule has 6 heteroatoms. The van der Waals surface area contributed by atoms with Crippen molar-refractivity contribution in [3.05, 3.63) is 30.1 Å². The SMILES string of the molecule is CN(CCCC(=O)Nc1ccc(F)cc1)C(=O)OC(C)(C)C. The van der Waals surface area contributed by atoms with Crippen molar-refractivity contribution in [1.29, 1.82) is 0 Å². The highest BCUT2D eigenvalue weighted by Crippen LogP contribution is 2.11. The molecule has 0 unspecified atom stereocenters. The number of hydrogen-bond acceptors (Lipinski definition) is 3. The fraction of sp³-hybridized carbons (Fsp3) is 0.500. The Kier molecular flexibility index (Phi) is 6.34. The van der Waals surface area contributed by atoms with E-state index in [-0.39, 0.29) is 18.1 Å². The van der Waals surface area contributed by atoms with Gasteiger partial charge in [0, 0.05) is 25.7 Å². The van der Waals surface area contributed by atoms with E-state index in [1.54, 1.807) is 27.8 Å². The second-order valence-corrected chi connectivity index (χ2v) is 6.06. The first-order chi connectivity index (χ1) is 10.2. The van der Waals surface area contributed by atoms with Gasteiger partial charge in [0.2, 0.25) is 5.91 Å². The summed E-state index contributed by atoms with van der Waals surface area (Å²) in [5, 5.41) is 2.67. The quantitative estimate of drug-likeness (QED) is 0.906. The number of carbonyl (C=O) groups excluding carboxylic acids is 2. The fourth-order valence-corrected chi connectivity index (χ4v) is 1.66. The lowest BCUT2D eigenvalue weighted by atomic mass is 10.2. The summed E-state index contributed by atoms with van der Waals surface area (Å²) in [4.78, 5) is 24.9. The highest BCUT2D eigenvalue weighted by atomic mass is 19.1. The summed E-state index contributed by atoms with van der Waals surface area (Å²) in [6, 6.07) is 5.57. The normalized spacial score (nSPS) is 11.0. The first kappa shape index (κ1) is 17.9. The minimum atomic E-state index is -0.536. The predicted octanol–water partition coefficient (Wildman–Crippen LogP) is 3.41. The van der Waals surface area contributed by atoms with Gasteiger partial charge in [0.25, 0.3) is 0 Å². The number of rotatable bonds is 5. The maximum atomic E-state index is 12.7. The van der Waals surface area contributed by atoms with Gasteiger partial charge in [-0.2, -0.15) is 0 Å². The summed E-state index contributed by atoms with van der Waals surface area (Å²) >= 11 is 0. The van der Waals surface area contributed by atoms with E-state index in [2.05, 4.69) is 5.32 Å². The lowest BCUT2D eigenvalue weighted by molar-refractivity contribution is -0.116. The number of anilines is 1. The summed E-state index contributed by atoms with van der Waals surface area (Å²) in [6.45, 7) is 5.82. The van der Waals surface area contributed by atoms with Crippen LogP contribution in [0.4, 0.5) is 14.9 Å². The first-order valence-corrected chi connectivity index (χ1v) is 7.17. The van der Waals surface area contributed by atoms with Gasteiger partial charge >= 0.3 is 6.09 Å². The molecule has 0 spiro atoms. The van der Waals surface area contributed by atoms with Crippen molar-refractivity contribution in [2.75, 3.05) is 18.9 Å². The van der Waals surface area contributed by atoms with Crippen LogP contribution in [-0.4, -0.2) is 36.1 Å². The molecule has 0 aliphatic rings. The zero-order chi connectivity index (χ0) is 16.8. The zero-order valence-electron chi connectivity index (χ0n) is 13.5. The van der Waals surface area contributed by atoms with Crippen LogP contribution in [0, 0.1) is 5.82 Å². The van der Waals surface area contributed by atoms with Crippen LogP contribution in [0.3, 0.4) is 0 Å². The number of halogens is 1. The minimum Gasteiger partial charge on any atom is -0.444 e. The molecule has 1 rings (SSSR count). The predicted molar refractivity (Wildman–Crippen MR) is 83.1 cm³/mol. The average molecular weight is 310 g/mol. The van der Waals surface area contributed by atoms with Crippen LogP contribution in [0.2, 0.25) is 0 Å². The largest absolute Gasteiger partial charge is 0.444 e. The van der Waals surface area contributed by atoms with Crippen LogP contribution in [0.15, 0.2) is 24.3 Å². The molecule has 22 heavy (non-hydrogen) atoms. The second kappa shape index (κ2) is 7.77. The van der Waals surface area contributed by atoms with Crippen molar-refractivity contribution < 1.29 is 18.7 Å². The van der Waals surface area contributed by atoms with Gasteiger partial charge in [-0.05, 0) is 51.5 Å². The Morgan fingerprint density at radius 2 is 1.82 bits per heavy atom. The molecule has 1 aromatic rings. The molecule has 0 aliphatic heterocycles. The summed E-state index contributed by atoms with van der Waals surface area (Å²) in [6.07, 6.45) is 0.374. The maximum Gasteiger partial charge on any atom is 0.410 e. The van der Waals surface area contributed by atoms with E-state index < -0.39 is 11.7 Å². The van der Waals surface area contributed by atoms with Crippen molar-refractivity contribution in [1.82, 2.24) is 4.90 Å². The standard InChI is InChI=1S/C16H23FN2O3/c1-16(2,3)22-15(21)19(4)11-5-6-14(20)18-13-9-7-12(17)8-10-13/h7-10H,5-6,11H2,1-4H3,(H,18,20). The summed E-state index contributed by atoms with van der Waals surface area (Å²) in [5.74, 6) is -0.527. The zero-order valence-corrected chi connectivity index (χ0v) is 13.5. The van der Waals surface area contributed by atoms with Crippen molar-refractivity contribution in [2.24, 2.45) is 0 Å². The lowest BCUT2D eigenvalue weighted by Crippen LogP contribution is -2.35. The highest BCUT2D eigenvalue weighted by molar-refractivity contribution is 5.90. The summed E-state index contributed by atoms with van der Waals surface area (Å²) < 4.78 is 18.0. The van der Waals surface area contributed by atoms with Crippen molar-refractivity contribution in [2.45, 2.75) is 39.2 Å². The van der Waals surface area contributed by atoms with Crippen LogP contribution >= 0.6 is 0 Å². The van der Waals surface area contributed by atoms with Crippen molar-refractivity contribution in [3.63, 3.8) is 0 Å². The molecule has 0 bridgehead atoms. The van der Waals surface area contributed by atoms with Crippen molar-refractivity contribution in [3.8, 4) is 0 Å². The van der Waals surface area contributed by atoms with Gasteiger partial charge in [-0.3, -0.25) is 4.79 Å². The van der Waals surface area contributed by atoms with E-state index in [1.807, 2.05) is 0 Å². The van der Waals surface area contributed by atoms with Crippen LogP contribution in [0.25, 0.3) is 0 Å². The molecular weight excluding hydrogens is 287 g/mol. The molecule has 2 amide bonds. The van der Waals surface area contributed by atoms with Crippen LogP contribution in [0.5, 0.6) is 0 Å². The lowest BCUT2D eigenvalue weighted by Gasteiger charge is -2.24. The molecule has 0 aromatic heterocycles. The number of nitrogens with zero attached hydrogens (tertiary/aromatic N) is 1. The van der Waals surface area contributed by atoms with E-state index >= 15 is 0 Å². The first-order valence-electron chi connectivity index (χ1n) is 7.17. The molecule has 1 aromatic carbocycles. The third-order valence-electron chi connectivity index (χ3n) is 2.73. The van der Waals surface area contributed by atoms with Gasteiger partial charge in [0.1, 0.15) is 11.4 Å². The Balaban J connectivity index is 2.30. The van der Waals surface area contributed by atoms with Gasteiger partial charge in [-0.15, -0.1) is 0 Å². The van der Waals surface area contributed by atoms with Crippen molar-refractivity contribution >= 4 is 17.7 Å². The molecule has 0 aliphatic carbocycles. The molecular formula is C16H23FN2O3. The molecule has 0 heterocycles. The van der Waals surface area contributed by atoms with E-state index in [4.69, 9.17) is 4.74 Å². The smallest absolute Gasteiger partial charge is 0.410 e. The molecule has 5 nitrogen and oxygen atoms in total. The minimum absolute atomic E-state index is 0.177. The topological polar surface area (TPSA) is 58.6 Å². The number of ether oxygens (including phenoxy) is 1. The molecule has 1 N–H and O–H groups in total. The number of amides is 2. The highest BCUT2D eigenvalue weighted by Gasteiger charge is 2.19. The van der Waals surface area contributed by atoms with E-state index in [0.717, 1.165) is 0 Å². The van der Waals surface area contributed by atoms with E-state index in [0.29, 0.717) is 18.7 Å². The maximum absolute atomic E-state index is 12.7. The van der Waals surface area contributed by atoms with E-state index in [9.17, 15) is 14.0 Å². The van der Waals surface area contributed by atoms with Gasteiger partial charge in [0.05, 0.1) is 0 Å². The number of nitrogens with one attached hydrogen (secondary N) is 1. The third kappa shape index (κ3) is 7.06. The van der Waals surface area contributed by atoms with Gasteiger partial charge in [-0.25, -0.2) is 9.18 Å². The summed E-state index contributed by atoms with van der Waals surface area (Å²) in [5.41, 5.74) is 0.0116. The summed E-state index contributed by atoms with van der Waals surface area (Å²) in [7, 11) is 1.63. The number of hydrogen-bond donors (Lipinski definition) is 1. The molecule has 0 fully saturated rings. The van der Waals surface area contributed by atoms with Crippen LogP contribution < -0.4 is 5.32 Å². The molecule has 122 valence electrons. The molecule has 0 radical (unpaired) electrons. The van der Waals surface area contributed by atoms with Gasteiger partial charge in [-0.1, -0.05) is 0 Å². The average Bonchev–Trinajstić information content (AvgIpc) is 2.39. The Hall–Kier alpha value is -2.11. The second-order valence-electron chi connectivity index (χ2n) is 6.06. The Morgan fingerprint density at radius 1 is 1.23 bits per heavy atom. The van der Waals surface area contributed by atoms with Crippen LogP contribution in [0.1, 0.15) is 33.6 Å². The Bertz CT molecular complexity index is 509. The molecule has 0 atom stereocenters. The van der Waals surface area contributed by atoms with E-state index in [1.165, 1.54) is 29.2 Å². The molecule has 0 saturated heterocycles. The third-order valence-corrected chi connectivity index (χ3v) is 2.73.